The Labute approximate surface area is 160 Å². The third-order valence-corrected chi connectivity index (χ3v) is 4.63. The highest BCUT2D eigenvalue weighted by atomic mass is 16.5. The van der Waals surface area contributed by atoms with Crippen LogP contribution in [-0.2, 0) is 30.8 Å². The van der Waals surface area contributed by atoms with Gasteiger partial charge in [0.25, 0.3) is 0 Å². The Morgan fingerprint density at radius 3 is 2.44 bits per heavy atom. The van der Waals surface area contributed by atoms with E-state index in [9.17, 15) is 4.79 Å². The lowest BCUT2D eigenvalue weighted by Crippen LogP contribution is -2.01. The molecule has 0 atom stereocenters. The summed E-state index contributed by atoms with van der Waals surface area (Å²) in [4.78, 5) is 10.9. The molecule has 27 heavy (non-hydrogen) atoms. The van der Waals surface area contributed by atoms with Crippen molar-refractivity contribution in [1.29, 1.82) is 0 Å². The monoisotopic (exact) mass is 359 g/mol. The quantitative estimate of drug-likeness (QED) is 0.593. The molecule has 3 aromatic rings. The Bertz CT molecular complexity index is 918. The number of aryl methyl sites for hydroxylation is 1. The summed E-state index contributed by atoms with van der Waals surface area (Å²) in [5.41, 5.74) is 12.5. The van der Waals surface area contributed by atoms with Gasteiger partial charge in [0.15, 0.2) is 0 Å². The smallest absolute Gasteiger partial charge is 0.124 e. The second kappa shape index (κ2) is 9.15. The Kier molecular flexibility index (Phi) is 6.39. The second-order valence-electron chi connectivity index (χ2n) is 6.56. The minimum atomic E-state index is 0.363. The zero-order valence-corrected chi connectivity index (χ0v) is 15.7. The molecule has 0 aliphatic heterocycles. The van der Waals surface area contributed by atoms with Crippen molar-refractivity contribution in [2.24, 2.45) is 5.73 Å². The molecule has 0 amide bonds. The van der Waals surface area contributed by atoms with Crippen LogP contribution in [0.25, 0.3) is 11.1 Å². The normalized spacial score (nSPS) is 10.6. The van der Waals surface area contributed by atoms with E-state index in [1.54, 1.807) is 0 Å². The number of carbonyl (C=O) groups excluding carboxylic acids is 1. The molecule has 0 unspecified atom stereocenters. The van der Waals surface area contributed by atoms with Crippen molar-refractivity contribution in [1.82, 2.24) is 0 Å². The fourth-order valence-corrected chi connectivity index (χ4v) is 3.16. The molecule has 3 rings (SSSR count). The van der Waals surface area contributed by atoms with Crippen molar-refractivity contribution in [2.75, 3.05) is 0 Å². The number of ether oxygens (including phenoxy) is 1. The summed E-state index contributed by atoms with van der Waals surface area (Å²) in [6, 6.07) is 22.6. The number of para-hydroxylation sites is 1. The topological polar surface area (TPSA) is 52.3 Å². The minimum Gasteiger partial charge on any atom is -0.489 e. The molecule has 3 aromatic carbocycles. The van der Waals surface area contributed by atoms with Crippen molar-refractivity contribution in [3.63, 3.8) is 0 Å². The number of carbonyl (C=O) groups is 1. The lowest BCUT2D eigenvalue weighted by molar-refractivity contribution is -0.107. The van der Waals surface area contributed by atoms with E-state index in [1.807, 2.05) is 36.4 Å². The van der Waals surface area contributed by atoms with Gasteiger partial charge < -0.3 is 15.3 Å². The molecular formula is C24H25NO2. The first kappa shape index (κ1) is 18.9. The molecule has 0 saturated heterocycles. The van der Waals surface area contributed by atoms with Crippen LogP contribution < -0.4 is 10.5 Å². The van der Waals surface area contributed by atoms with Gasteiger partial charge in [-0.1, -0.05) is 55.5 Å². The molecule has 0 aliphatic carbocycles. The van der Waals surface area contributed by atoms with Crippen LogP contribution in [0.1, 0.15) is 29.2 Å². The van der Waals surface area contributed by atoms with E-state index in [-0.39, 0.29) is 0 Å². The summed E-state index contributed by atoms with van der Waals surface area (Å²) in [5.74, 6) is 0.762. The van der Waals surface area contributed by atoms with E-state index in [0.29, 0.717) is 19.6 Å². The Hall–Kier alpha value is -2.91. The van der Waals surface area contributed by atoms with Crippen molar-refractivity contribution in [2.45, 2.75) is 32.9 Å². The molecule has 138 valence electrons. The maximum absolute atomic E-state index is 10.9. The molecule has 3 heteroatoms. The van der Waals surface area contributed by atoms with Crippen LogP contribution >= 0.6 is 0 Å². The van der Waals surface area contributed by atoms with Crippen LogP contribution in [0.3, 0.4) is 0 Å². The lowest BCUT2D eigenvalue weighted by Gasteiger charge is -2.13. The molecule has 0 aromatic heterocycles. The Balaban J connectivity index is 1.87. The maximum Gasteiger partial charge on any atom is 0.124 e. The summed E-state index contributed by atoms with van der Waals surface area (Å²) >= 11 is 0. The predicted octanol–water partition coefficient (Wildman–Crippen LogP) is 4.70. The molecule has 2 N–H and O–H groups in total. The first-order chi connectivity index (χ1) is 13.2. The van der Waals surface area contributed by atoms with Crippen molar-refractivity contribution < 1.29 is 9.53 Å². The molecule has 0 saturated carbocycles. The van der Waals surface area contributed by atoms with E-state index in [1.165, 1.54) is 11.1 Å². The molecule has 0 spiro atoms. The predicted molar refractivity (Wildman–Crippen MR) is 110 cm³/mol. The minimum absolute atomic E-state index is 0.363. The van der Waals surface area contributed by atoms with Gasteiger partial charge in [0, 0.05) is 18.5 Å². The number of aldehydes is 1. The highest BCUT2D eigenvalue weighted by molar-refractivity contribution is 5.66. The van der Waals surface area contributed by atoms with E-state index in [4.69, 9.17) is 10.5 Å². The average Bonchev–Trinajstić information content (AvgIpc) is 2.73. The van der Waals surface area contributed by atoms with Crippen molar-refractivity contribution in [3.05, 3.63) is 89.0 Å². The van der Waals surface area contributed by atoms with Crippen LogP contribution in [0.4, 0.5) is 0 Å². The summed E-state index contributed by atoms with van der Waals surface area (Å²) < 4.78 is 6.03. The fraction of sp³-hybridized carbons (Fsp3) is 0.208. The first-order valence-corrected chi connectivity index (χ1v) is 9.30. The fourth-order valence-electron chi connectivity index (χ4n) is 3.16. The third-order valence-electron chi connectivity index (χ3n) is 4.63. The van der Waals surface area contributed by atoms with E-state index in [0.717, 1.165) is 40.7 Å². The van der Waals surface area contributed by atoms with Gasteiger partial charge in [-0.15, -0.1) is 0 Å². The molecule has 0 bridgehead atoms. The highest BCUT2D eigenvalue weighted by Crippen LogP contribution is 2.25. The standard InChI is InChI=1S/C24H25NO2/c1-2-18-12-20(17-27-24-9-4-3-7-21(24)10-11-26)15-23(13-18)22-8-5-6-19(14-22)16-25/h3-9,11-15H,2,10,16-17,25H2,1H3. The van der Waals surface area contributed by atoms with Crippen LogP contribution in [-0.4, -0.2) is 6.29 Å². The largest absolute Gasteiger partial charge is 0.489 e. The van der Waals surface area contributed by atoms with Crippen LogP contribution in [0, 0.1) is 0 Å². The molecule has 0 fully saturated rings. The molecule has 3 nitrogen and oxygen atoms in total. The molecular weight excluding hydrogens is 334 g/mol. The van der Waals surface area contributed by atoms with Gasteiger partial charge in [-0.05, 0) is 52.4 Å². The molecule has 0 radical (unpaired) electrons. The number of hydrogen-bond acceptors (Lipinski definition) is 3. The van der Waals surface area contributed by atoms with Gasteiger partial charge in [0.05, 0.1) is 0 Å². The van der Waals surface area contributed by atoms with Gasteiger partial charge in [0.2, 0.25) is 0 Å². The van der Waals surface area contributed by atoms with Gasteiger partial charge >= 0.3 is 0 Å². The van der Waals surface area contributed by atoms with Gasteiger partial charge in [-0.3, -0.25) is 0 Å². The second-order valence-corrected chi connectivity index (χ2v) is 6.56. The van der Waals surface area contributed by atoms with Crippen LogP contribution in [0.2, 0.25) is 0 Å². The van der Waals surface area contributed by atoms with Crippen LogP contribution in [0.5, 0.6) is 5.75 Å². The van der Waals surface area contributed by atoms with E-state index in [2.05, 4.69) is 37.3 Å². The number of rotatable bonds is 8. The number of benzene rings is 3. The molecule has 0 heterocycles. The number of hydrogen-bond donors (Lipinski definition) is 1. The zero-order valence-electron chi connectivity index (χ0n) is 15.7. The highest BCUT2D eigenvalue weighted by Gasteiger charge is 2.07. The Morgan fingerprint density at radius 2 is 1.67 bits per heavy atom. The third kappa shape index (κ3) is 4.83. The van der Waals surface area contributed by atoms with Gasteiger partial charge in [-0.2, -0.15) is 0 Å². The molecule has 0 aliphatic rings. The van der Waals surface area contributed by atoms with Gasteiger partial charge in [0.1, 0.15) is 18.6 Å². The Morgan fingerprint density at radius 1 is 0.889 bits per heavy atom. The van der Waals surface area contributed by atoms with E-state index >= 15 is 0 Å². The maximum atomic E-state index is 10.9. The average molecular weight is 359 g/mol. The first-order valence-electron chi connectivity index (χ1n) is 9.30. The zero-order chi connectivity index (χ0) is 19.1. The van der Waals surface area contributed by atoms with Crippen LogP contribution in [0.15, 0.2) is 66.7 Å². The van der Waals surface area contributed by atoms with Crippen molar-refractivity contribution >= 4 is 6.29 Å². The lowest BCUT2D eigenvalue weighted by atomic mass is 9.97. The summed E-state index contributed by atoms with van der Waals surface area (Å²) in [5, 5.41) is 0. The van der Waals surface area contributed by atoms with E-state index < -0.39 is 0 Å². The summed E-state index contributed by atoms with van der Waals surface area (Å²) in [6.45, 7) is 3.15. The SMILES string of the molecule is CCc1cc(COc2ccccc2CC=O)cc(-c2cccc(CN)c2)c1. The summed E-state index contributed by atoms with van der Waals surface area (Å²) in [7, 11) is 0. The summed E-state index contributed by atoms with van der Waals surface area (Å²) in [6.07, 6.45) is 2.23. The number of nitrogens with two attached hydrogens (primary N) is 1. The van der Waals surface area contributed by atoms with Gasteiger partial charge in [-0.25, -0.2) is 0 Å². The van der Waals surface area contributed by atoms with Crippen molar-refractivity contribution in [3.8, 4) is 16.9 Å².